The summed E-state index contributed by atoms with van der Waals surface area (Å²) >= 11 is 0. The number of carbonyl (C=O) groups excluding carboxylic acids is 2. The minimum absolute atomic E-state index is 0.0717. The number of fused-ring (bicyclic) bond motifs is 8. The fourth-order valence-corrected chi connectivity index (χ4v) is 8.80. The minimum atomic E-state index is -1.23. The lowest BCUT2D eigenvalue weighted by Gasteiger charge is -2.19. The van der Waals surface area contributed by atoms with Crippen LogP contribution in [0.15, 0.2) is 18.2 Å². The van der Waals surface area contributed by atoms with Gasteiger partial charge in [-0.15, -0.1) is 0 Å². The van der Waals surface area contributed by atoms with Crippen LogP contribution in [0.3, 0.4) is 0 Å². The number of unbranched alkanes of at least 4 members (excludes halogenated alkanes) is 4. The van der Waals surface area contributed by atoms with E-state index < -0.39 is 35.8 Å². The van der Waals surface area contributed by atoms with Crippen LogP contribution in [-0.4, -0.2) is 80.3 Å². The molecule has 0 aromatic carbocycles. The van der Waals surface area contributed by atoms with E-state index in [1.807, 2.05) is 19.1 Å². The number of amides is 1. The Balaban J connectivity index is 1.87. The average Bonchev–Trinajstić information content (AvgIpc) is 3.91. The molecule has 0 fully saturated rings. The smallest absolute Gasteiger partial charge is 0.338 e. The summed E-state index contributed by atoms with van der Waals surface area (Å²) in [4.78, 5) is 69.8. The van der Waals surface area contributed by atoms with E-state index in [-0.39, 0.29) is 48.1 Å². The number of nitrogens with one attached hydrogen (secondary N) is 3. The van der Waals surface area contributed by atoms with Crippen LogP contribution in [0.4, 0.5) is 0 Å². The first-order valence-corrected chi connectivity index (χ1v) is 21.8. The standard InChI is InChI=1S/C47H64N6O8/c1-9-11-12-15-20-61-29(7)42-27(5)36-22-35-26(4)31(17-18-41(55)56)44(52-35)32(21-40(54)51-33(47(59)60-8)16-13-14-19-48)45-43(46(57)58)28(6)37(53-45)23-38-30(10-2)25(3)34(49-38)24-39(42)50-36/h22-24,26,29,31,33,49-50H,9-21,48H2,1-8H3,(H,51,54)(H,55,56)(H,57,58)/t26-,29?,31-,33-/m0/s1. The number of nitrogens with two attached hydrogens (primary N) is 1. The number of rotatable bonds is 20. The maximum absolute atomic E-state index is 14.2. The van der Waals surface area contributed by atoms with E-state index in [1.165, 1.54) is 7.11 Å². The highest BCUT2D eigenvalue weighted by Crippen LogP contribution is 2.44. The Morgan fingerprint density at radius 2 is 1.62 bits per heavy atom. The molecule has 8 bridgehead atoms. The predicted octanol–water partition coefficient (Wildman–Crippen LogP) is 8.25. The van der Waals surface area contributed by atoms with Crippen molar-refractivity contribution in [3.63, 3.8) is 0 Å². The molecule has 3 aromatic rings. The Morgan fingerprint density at radius 3 is 2.28 bits per heavy atom. The second kappa shape index (κ2) is 21.0. The van der Waals surface area contributed by atoms with E-state index in [1.54, 1.807) is 6.92 Å². The first-order chi connectivity index (χ1) is 29.1. The summed E-state index contributed by atoms with van der Waals surface area (Å²) in [6.45, 7) is 15.1. The number of hydrogen-bond acceptors (Lipinski definition) is 9. The number of aromatic nitrogens is 4. The van der Waals surface area contributed by atoms with Crippen molar-refractivity contribution in [2.24, 2.45) is 5.73 Å². The molecule has 4 atom stereocenters. The highest BCUT2D eigenvalue weighted by atomic mass is 16.5. The molecule has 0 saturated heterocycles. The topological polar surface area (TPSA) is 223 Å². The number of ether oxygens (including phenoxy) is 2. The zero-order valence-corrected chi connectivity index (χ0v) is 37.0. The van der Waals surface area contributed by atoms with Crippen molar-refractivity contribution < 1.29 is 38.9 Å². The monoisotopic (exact) mass is 840 g/mol. The lowest BCUT2D eigenvalue weighted by Crippen LogP contribution is -2.42. The molecule has 5 rings (SSSR count). The lowest BCUT2D eigenvalue weighted by molar-refractivity contribution is -0.145. The number of aromatic amines is 2. The molecule has 2 aliphatic rings. The minimum Gasteiger partial charge on any atom is -0.481 e. The first kappa shape index (κ1) is 46.7. The van der Waals surface area contributed by atoms with Crippen LogP contribution in [0.2, 0.25) is 0 Å². The van der Waals surface area contributed by atoms with E-state index in [9.17, 15) is 29.4 Å². The number of nitrogens with zero attached hydrogens (tertiary/aromatic N) is 2. The summed E-state index contributed by atoms with van der Waals surface area (Å²) in [5.74, 6) is -4.25. The number of aryl methyl sites for hydroxylation is 3. The number of hydrogen-bond donors (Lipinski definition) is 6. The maximum Gasteiger partial charge on any atom is 0.338 e. The van der Waals surface area contributed by atoms with Crippen LogP contribution in [-0.2, 0) is 41.5 Å². The molecule has 7 N–H and O–H groups in total. The third kappa shape index (κ3) is 10.6. The number of carbonyl (C=O) groups is 4. The van der Waals surface area contributed by atoms with Crippen molar-refractivity contribution in [3.8, 4) is 0 Å². The second-order valence-corrected chi connectivity index (χ2v) is 16.4. The third-order valence-electron chi connectivity index (χ3n) is 12.3. The molecule has 0 spiro atoms. The number of allylic oxidation sites excluding steroid dienone is 1. The van der Waals surface area contributed by atoms with Crippen LogP contribution < -0.4 is 11.1 Å². The Kier molecular flexibility index (Phi) is 16.1. The van der Waals surface area contributed by atoms with E-state index in [0.29, 0.717) is 61.5 Å². The summed E-state index contributed by atoms with van der Waals surface area (Å²) in [5.41, 5.74) is 15.2. The van der Waals surface area contributed by atoms with Gasteiger partial charge in [0.2, 0.25) is 5.91 Å². The Bertz CT molecular complexity index is 2320. The normalized spacial score (nSPS) is 16.1. The molecule has 0 aliphatic carbocycles. The van der Waals surface area contributed by atoms with Crippen molar-refractivity contribution in [1.29, 1.82) is 0 Å². The van der Waals surface area contributed by atoms with Gasteiger partial charge in [0.1, 0.15) is 6.04 Å². The third-order valence-corrected chi connectivity index (χ3v) is 12.3. The van der Waals surface area contributed by atoms with Crippen LogP contribution in [0.1, 0.15) is 161 Å². The van der Waals surface area contributed by atoms with Gasteiger partial charge < -0.3 is 40.7 Å². The van der Waals surface area contributed by atoms with Crippen molar-refractivity contribution in [1.82, 2.24) is 25.3 Å². The number of aliphatic carboxylic acids is 2. The fourth-order valence-electron chi connectivity index (χ4n) is 8.80. The molecule has 0 radical (unpaired) electrons. The molecule has 2 aliphatic heterocycles. The largest absolute Gasteiger partial charge is 0.481 e. The summed E-state index contributed by atoms with van der Waals surface area (Å²) in [5, 5.41) is 23.5. The van der Waals surface area contributed by atoms with Crippen molar-refractivity contribution in [3.05, 3.63) is 68.8 Å². The number of methoxy groups -OCH3 is 1. The van der Waals surface area contributed by atoms with Gasteiger partial charge >= 0.3 is 17.9 Å². The molecular formula is C47H64N6O8. The molecule has 14 heteroatoms. The van der Waals surface area contributed by atoms with Gasteiger partial charge in [-0.05, 0) is 113 Å². The van der Waals surface area contributed by atoms with Crippen molar-refractivity contribution >= 4 is 57.0 Å². The van der Waals surface area contributed by atoms with Gasteiger partial charge in [0.15, 0.2) is 0 Å². The molecule has 61 heavy (non-hydrogen) atoms. The maximum atomic E-state index is 14.2. The van der Waals surface area contributed by atoms with Gasteiger partial charge in [0.25, 0.3) is 0 Å². The van der Waals surface area contributed by atoms with Gasteiger partial charge in [-0.1, -0.05) is 40.0 Å². The lowest BCUT2D eigenvalue weighted by atomic mass is 9.84. The van der Waals surface area contributed by atoms with E-state index >= 15 is 0 Å². The van der Waals surface area contributed by atoms with Gasteiger partial charge in [0, 0.05) is 63.8 Å². The van der Waals surface area contributed by atoms with Gasteiger partial charge in [-0.2, -0.15) is 0 Å². The summed E-state index contributed by atoms with van der Waals surface area (Å²) in [6, 6.07) is 4.95. The summed E-state index contributed by atoms with van der Waals surface area (Å²) < 4.78 is 11.5. The number of carboxylic acids is 2. The molecular weight excluding hydrogens is 777 g/mol. The van der Waals surface area contributed by atoms with E-state index in [2.05, 4.69) is 56.0 Å². The fraction of sp³-hybridized carbons (Fsp3) is 0.532. The molecule has 1 unspecified atom stereocenters. The van der Waals surface area contributed by atoms with Crippen LogP contribution in [0.5, 0.6) is 0 Å². The van der Waals surface area contributed by atoms with Gasteiger partial charge in [-0.3, -0.25) is 14.6 Å². The molecule has 0 saturated carbocycles. The van der Waals surface area contributed by atoms with Crippen LogP contribution in [0.25, 0.3) is 33.2 Å². The number of H-pyrrole nitrogens is 2. The van der Waals surface area contributed by atoms with Crippen LogP contribution in [0, 0.1) is 13.8 Å². The number of carboxylic acid groups (broad SMARTS) is 2. The molecule has 14 nitrogen and oxygen atoms in total. The highest BCUT2D eigenvalue weighted by Gasteiger charge is 2.36. The quantitative estimate of drug-likeness (QED) is 0.0469. The van der Waals surface area contributed by atoms with E-state index in [0.717, 1.165) is 70.0 Å². The summed E-state index contributed by atoms with van der Waals surface area (Å²) in [6.07, 6.45) is 5.92. The number of esters is 1. The average molecular weight is 841 g/mol. The Hall–Kier alpha value is -5.34. The van der Waals surface area contributed by atoms with Crippen LogP contribution >= 0.6 is 0 Å². The zero-order valence-electron chi connectivity index (χ0n) is 37.0. The zero-order chi connectivity index (χ0) is 44.5. The van der Waals surface area contributed by atoms with Crippen molar-refractivity contribution in [2.75, 3.05) is 20.3 Å². The summed E-state index contributed by atoms with van der Waals surface area (Å²) in [7, 11) is 1.25. The molecule has 3 aromatic heterocycles. The Labute approximate surface area is 358 Å². The van der Waals surface area contributed by atoms with Gasteiger partial charge in [0.05, 0.1) is 42.3 Å². The highest BCUT2D eigenvalue weighted by molar-refractivity contribution is 6.24. The predicted molar refractivity (Wildman–Crippen MR) is 237 cm³/mol. The molecule has 330 valence electrons. The molecule has 5 heterocycles. The molecule has 1 amide bonds. The van der Waals surface area contributed by atoms with Crippen molar-refractivity contribution in [2.45, 2.75) is 143 Å². The second-order valence-electron chi connectivity index (χ2n) is 16.4. The van der Waals surface area contributed by atoms with Gasteiger partial charge in [-0.25, -0.2) is 14.6 Å². The Morgan fingerprint density at radius 1 is 0.902 bits per heavy atom. The SMILES string of the molecule is CCCCCCOC(C)c1c(C)c2cc3nc(c(CC(=O)N[C@@H](CCCCN)C(=O)OC)c4nc(cc5[nH]c(cc1[nH]2)c(C)c5CC)C(C)=C4C(=O)O)[C@@H](CCC(=O)O)[C@@H]3C. The van der Waals surface area contributed by atoms with E-state index in [4.69, 9.17) is 25.2 Å². The first-order valence-electron chi connectivity index (χ1n) is 21.8.